The zero-order valence-electron chi connectivity index (χ0n) is 8.55. The minimum atomic E-state index is 0.537. The number of nitrogens with zero attached hydrogens (tertiary/aromatic N) is 1. The van der Waals surface area contributed by atoms with Crippen molar-refractivity contribution in [2.24, 2.45) is 0 Å². The Morgan fingerprint density at radius 2 is 1.76 bits per heavy atom. The molecule has 0 aliphatic rings. The van der Waals surface area contributed by atoms with Crippen LogP contribution in [0.5, 0.6) is 0 Å². The normalized spacial score (nSPS) is 10.3. The third-order valence-electron chi connectivity index (χ3n) is 2.01. The monoisotopic (exact) mass is 331 g/mol. The molecule has 0 atom stereocenters. The number of pyridine rings is 1. The third kappa shape index (κ3) is 3.25. The number of nitrogens with two attached hydrogens (primary N) is 1. The fraction of sp³-hybridized carbons (Fsp3) is 0. The molecule has 0 radical (unpaired) electrons. The summed E-state index contributed by atoms with van der Waals surface area (Å²) in [6.07, 6.45) is 1.66. The van der Waals surface area contributed by atoms with E-state index in [0.717, 1.165) is 10.2 Å². The molecule has 0 amide bonds. The number of aromatic nitrogens is 1. The molecule has 0 saturated heterocycles. The average molecular weight is 333 g/mol. The maximum atomic E-state index is 5.90. The van der Waals surface area contributed by atoms with Crippen LogP contribution in [0.15, 0.2) is 34.9 Å². The van der Waals surface area contributed by atoms with E-state index < -0.39 is 0 Å². The highest BCUT2D eigenvalue weighted by atomic mass is 79.9. The highest BCUT2D eigenvalue weighted by molar-refractivity contribution is 9.10. The topological polar surface area (TPSA) is 50.9 Å². The lowest BCUT2D eigenvalue weighted by atomic mass is 10.3. The second kappa shape index (κ2) is 5.12. The van der Waals surface area contributed by atoms with E-state index in [1.54, 1.807) is 30.5 Å². The molecule has 3 N–H and O–H groups in total. The number of hydrogen-bond acceptors (Lipinski definition) is 3. The van der Waals surface area contributed by atoms with Gasteiger partial charge in [0, 0.05) is 26.4 Å². The zero-order chi connectivity index (χ0) is 12.4. The molecule has 2 rings (SSSR count). The third-order valence-corrected chi connectivity index (χ3v) is 2.88. The fourth-order valence-corrected chi connectivity index (χ4v) is 2.20. The van der Waals surface area contributed by atoms with E-state index >= 15 is 0 Å². The predicted molar refractivity (Wildman–Crippen MR) is 76.1 cm³/mol. The van der Waals surface area contributed by atoms with Gasteiger partial charge in [-0.25, -0.2) is 4.98 Å². The predicted octanol–water partition coefficient (Wildman–Crippen LogP) is 4.48. The summed E-state index contributed by atoms with van der Waals surface area (Å²) in [5.74, 6) is 0.562. The first-order chi connectivity index (χ1) is 8.04. The van der Waals surface area contributed by atoms with Gasteiger partial charge in [0.1, 0.15) is 0 Å². The Hall–Kier alpha value is -0.970. The van der Waals surface area contributed by atoms with Gasteiger partial charge in [-0.3, -0.25) is 0 Å². The Balaban J connectivity index is 2.31. The van der Waals surface area contributed by atoms with Crippen molar-refractivity contribution in [3.8, 4) is 0 Å². The molecule has 1 aromatic carbocycles. The number of rotatable bonds is 2. The Labute approximate surface area is 117 Å². The highest BCUT2D eigenvalue weighted by Crippen LogP contribution is 2.27. The Morgan fingerprint density at radius 3 is 2.35 bits per heavy atom. The van der Waals surface area contributed by atoms with Gasteiger partial charge in [-0.15, -0.1) is 0 Å². The lowest BCUT2D eigenvalue weighted by Gasteiger charge is -2.09. The van der Waals surface area contributed by atoms with Crippen LogP contribution < -0.4 is 11.1 Å². The average Bonchev–Trinajstić information content (AvgIpc) is 2.21. The van der Waals surface area contributed by atoms with Crippen molar-refractivity contribution < 1.29 is 0 Å². The molecule has 0 spiro atoms. The van der Waals surface area contributed by atoms with Gasteiger partial charge in [0.15, 0.2) is 5.82 Å². The van der Waals surface area contributed by atoms with Gasteiger partial charge >= 0.3 is 0 Å². The van der Waals surface area contributed by atoms with Crippen LogP contribution in [0.4, 0.5) is 17.2 Å². The second-order valence-electron chi connectivity index (χ2n) is 3.37. The summed E-state index contributed by atoms with van der Waals surface area (Å²) in [5, 5.41) is 4.16. The smallest absolute Gasteiger partial charge is 0.153 e. The molecule has 0 saturated carbocycles. The Morgan fingerprint density at radius 1 is 1.12 bits per heavy atom. The molecule has 0 aliphatic carbocycles. The summed E-state index contributed by atoms with van der Waals surface area (Å²) in [6, 6.07) is 6.92. The first-order valence-corrected chi connectivity index (χ1v) is 6.23. The van der Waals surface area contributed by atoms with Gasteiger partial charge in [-0.2, -0.15) is 0 Å². The minimum absolute atomic E-state index is 0.537. The molecule has 1 heterocycles. The second-order valence-corrected chi connectivity index (χ2v) is 5.16. The largest absolute Gasteiger partial charge is 0.396 e. The molecule has 88 valence electrons. The van der Waals surface area contributed by atoms with Gasteiger partial charge in [0.2, 0.25) is 0 Å². The summed E-state index contributed by atoms with van der Waals surface area (Å²) < 4.78 is 0.824. The van der Waals surface area contributed by atoms with Crippen LogP contribution in [0.2, 0.25) is 10.0 Å². The van der Waals surface area contributed by atoms with E-state index in [-0.39, 0.29) is 0 Å². The van der Waals surface area contributed by atoms with Crippen LogP contribution in [0.25, 0.3) is 0 Å². The zero-order valence-corrected chi connectivity index (χ0v) is 11.6. The van der Waals surface area contributed by atoms with E-state index in [4.69, 9.17) is 28.9 Å². The van der Waals surface area contributed by atoms with Crippen molar-refractivity contribution in [1.29, 1.82) is 0 Å². The number of nitrogens with one attached hydrogen (secondary N) is 1. The van der Waals surface area contributed by atoms with E-state index in [1.165, 1.54) is 0 Å². The van der Waals surface area contributed by atoms with Crippen molar-refractivity contribution in [2.45, 2.75) is 0 Å². The van der Waals surface area contributed by atoms with Gasteiger partial charge in [-0.1, -0.05) is 23.2 Å². The first kappa shape index (κ1) is 12.5. The summed E-state index contributed by atoms with van der Waals surface area (Å²) in [6.45, 7) is 0. The Kier molecular flexibility index (Phi) is 3.76. The van der Waals surface area contributed by atoms with Gasteiger partial charge < -0.3 is 11.1 Å². The molecule has 0 unspecified atom stereocenters. The van der Waals surface area contributed by atoms with Crippen LogP contribution in [0, 0.1) is 0 Å². The molecule has 3 nitrogen and oxygen atoms in total. The number of benzene rings is 1. The van der Waals surface area contributed by atoms with E-state index in [2.05, 4.69) is 26.2 Å². The summed E-state index contributed by atoms with van der Waals surface area (Å²) in [5.41, 5.74) is 7.10. The van der Waals surface area contributed by atoms with Crippen molar-refractivity contribution in [3.05, 3.63) is 45.0 Å². The maximum Gasteiger partial charge on any atom is 0.153 e. The van der Waals surface area contributed by atoms with Gasteiger partial charge in [0.25, 0.3) is 0 Å². The quantitative estimate of drug-likeness (QED) is 0.852. The molecule has 17 heavy (non-hydrogen) atoms. The minimum Gasteiger partial charge on any atom is -0.396 e. The number of halogens is 3. The van der Waals surface area contributed by atoms with E-state index in [1.807, 2.05) is 0 Å². The van der Waals surface area contributed by atoms with Crippen molar-refractivity contribution in [3.63, 3.8) is 0 Å². The van der Waals surface area contributed by atoms with Gasteiger partial charge in [0.05, 0.1) is 5.69 Å². The van der Waals surface area contributed by atoms with Crippen LogP contribution in [-0.4, -0.2) is 4.98 Å². The summed E-state index contributed by atoms with van der Waals surface area (Å²) >= 11 is 15.1. The maximum absolute atomic E-state index is 5.90. The van der Waals surface area contributed by atoms with E-state index in [9.17, 15) is 0 Å². The summed E-state index contributed by atoms with van der Waals surface area (Å²) in [4.78, 5) is 4.16. The molecule has 1 aromatic heterocycles. The van der Waals surface area contributed by atoms with Crippen molar-refractivity contribution in [1.82, 2.24) is 4.98 Å². The highest BCUT2D eigenvalue weighted by Gasteiger charge is 2.03. The lowest BCUT2D eigenvalue weighted by Crippen LogP contribution is -1.99. The van der Waals surface area contributed by atoms with Crippen LogP contribution in [0.3, 0.4) is 0 Å². The van der Waals surface area contributed by atoms with Crippen LogP contribution >= 0.6 is 39.1 Å². The standard InChI is InChI=1S/C11H8BrCl2N3/c12-6-1-10(15)11(16-5-6)17-9-3-7(13)2-8(14)4-9/h1-5H,15H2,(H,16,17). The number of anilines is 3. The molecule has 6 heteroatoms. The van der Waals surface area contributed by atoms with E-state index in [0.29, 0.717) is 21.6 Å². The number of hydrogen-bond donors (Lipinski definition) is 2. The molecule has 2 aromatic rings. The SMILES string of the molecule is Nc1cc(Br)cnc1Nc1cc(Cl)cc(Cl)c1. The van der Waals surface area contributed by atoms with Crippen molar-refractivity contribution in [2.75, 3.05) is 11.1 Å². The molecule has 0 bridgehead atoms. The van der Waals surface area contributed by atoms with Crippen LogP contribution in [-0.2, 0) is 0 Å². The summed E-state index contributed by atoms with van der Waals surface area (Å²) in [7, 11) is 0. The Bertz CT molecular complexity index is 540. The fourth-order valence-electron chi connectivity index (χ4n) is 1.32. The van der Waals surface area contributed by atoms with Crippen molar-refractivity contribution >= 4 is 56.3 Å². The number of nitrogen functional groups attached to an aromatic ring is 1. The lowest BCUT2D eigenvalue weighted by molar-refractivity contribution is 1.30. The molecular formula is C11H8BrCl2N3. The first-order valence-electron chi connectivity index (χ1n) is 4.69. The molecular weight excluding hydrogens is 325 g/mol. The van der Waals surface area contributed by atoms with Gasteiger partial charge in [-0.05, 0) is 40.2 Å². The van der Waals surface area contributed by atoms with Crippen LogP contribution in [0.1, 0.15) is 0 Å². The molecule has 0 fully saturated rings. The molecule has 0 aliphatic heterocycles.